The fraction of sp³-hybridized carbons (Fsp3) is 0.364. The Morgan fingerprint density at radius 2 is 1.59 bits per heavy atom. The summed E-state index contributed by atoms with van der Waals surface area (Å²) in [7, 11) is 0. The molecule has 142 valence electrons. The van der Waals surface area contributed by atoms with Crippen molar-refractivity contribution in [1.82, 2.24) is 0 Å². The molecule has 3 rings (SSSR count). The van der Waals surface area contributed by atoms with E-state index in [4.69, 9.17) is 0 Å². The largest absolute Gasteiger partial charge is 0.374 e. The van der Waals surface area contributed by atoms with E-state index in [1.807, 2.05) is 55.5 Å². The van der Waals surface area contributed by atoms with Crippen molar-refractivity contribution in [3.05, 3.63) is 54.1 Å². The number of nitrogens with one attached hydrogen (secondary N) is 2. The number of carbonyl (C=O) groups is 2. The summed E-state index contributed by atoms with van der Waals surface area (Å²) in [4.78, 5) is 26.1. The fourth-order valence-electron chi connectivity index (χ4n) is 3.18. The third-order valence-electron chi connectivity index (χ3n) is 4.87. The lowest BCUT2D eigenvalue weighted by Crippen LogP contribution is -2.31. The minimum atomic E-state index is -0.381. The highest BCUT2D eigenvalue weighted by Crippen LogP contribution is 2.23. The third kappa shape index (κ3) is 4.67. The van der Waals surface area contributed by atoms with Crippen molar-refractivity contribution in [3.63, 3.8) is 0 Å². The van der Waals surface area contributed by atoms with Crippen LogP contribution < -0.4 is 15.5 Å². The van der Waals surface area contributed by atoms with E-state index in [-0.39, 0.29) is 17.9 Å². The summed E-state index contributed by atoms with van der Waals surface area (Å²) in [6, 6.07) is 15.2. The SMILES string of the molecule is CC(C)c1ccc(NC(=O)[C@@H](C)Nc2ccc(N3CCCC3=O)cc2)cc1. The Morgan fingerprint density at radius 1 is 0.963 bits per heavy atom. The molecule has 1 fully saturated rings. The van der Waals surface area contributed by atoms with Gasteiger partial charge in [0.2, 0.25) is 11.8 Å². The zero-order valence-electron chi connectivity index (χ0n) is 16.2. The van der Waals surface area contributed by atoms with Crippen LogP contribution in [0.1, 0.15) is 45.1 Å². The molecule has 1 aliphatic heterocycles. The van der Waals surface area contributed by atoms with E-state index in [1.165, 1.54) is 5.56 Å². The molecule has 2 aromatic carbocycles. The molecule has 5 nitrogen and oxygen atoms in total. The summed E-state index contributed by atoms with van der Waals surface area (Å²) < 4.78 is 0. The van der Waals surface area contributed by atoms with Gasteiger partial charge in [0.1, 0.15) is 6.04 Å². The average molecular weight is 365 g/mol. The van der Waals surface area contributed by atoms with Crippen LogP contribution in [0.4, 0.5) is 17.1 Å². The van der Waals surface area contributed by atoms with Gasteiger partial charge in [0.05, 0.1) is 0 Å². The molecule has 1 aliphatic rings. The molecule has 2 aromatic rings. The van der Waals surface area contributed by atoms with Crippen molar-refractivity contribution in [1.29, 1.82) is 0 Å². The summed E-state index contributed by atoms with van der Waals surface area (Å²) in [5, 5.41) is 6.14. The maximum absolute atomic E-state index is 12.4. The Hall–Kier alpha value is -2.82. The maximum Gasteiger partial charge on any atom is 0.246 e. The summed E-state index contributed by atoms with van der Waals surface area (Å²) in [6.07, 6.45) is 1.53. The lowest BCUT2D eigenvalue weighted by atomic mass is 10.0. The molecule has 1 saturated heterocycles. The molecule has 0 unspecified atom stereocenters. The van der Waals surface area contributed by atoms with Gasteiger partial charge in [-0.05, 0) is 61.2 Å². The Bertz CT molecular complexity index is 797. The highest BCUT2D eigenvalue weighted by molar-refractivity contribution is 5.97. The van der Waals surface area contributed by atoms with Gasteiger partial charge in [-0.1, -0.05) is 26.0 Å². The highest BCUT2D eigenvalue weighted by atomic mass is 16.2. The maximum atomic E-state index is 12.4. The second-order valence-corrected chi connectivity index (χ2v) is 7.33. The van der Waals surface area contributed by atoms with E-state index < -0.39 is 0 Å². The van der Waals surface area contributed by atoms with Crippen molar-refractivity contribution in [3.8, 4) is 0 Å². The minimum absolute atomic E-state index is 0.0916. The zero-order chi connectivity index (χ0) is 19.4. The van der Waals surface area contributed by atoms with Gasteiger partial charge in [0.15, 0.2) is 0 Å². The molecule has 2 N–H and O–H groups in total. The Balaban J connectivity index is 1.56. The first-order valence-corrected chi connectivity index (χ1v) is 9.52. The predicted molar refractivity (Wildman–Crippen MR) is 110 cm³/mol. The van der Waals surface area contributed by atoms with Gasteiger partial charge in [-0.2, -0.15) is 0 Å². The van der Waals surface area contributed by atoms with Crippen LogP contribution in [0.2, 0.25) is 0 Å². The second kappa shape index (κ2) is 8.25. The first-order valence-electron chi connectivity index (χ1n) is 9.52. The summed E-state index contributed by atoms with van der Waals surface area (Å²) in [5.41, 5.74) is 3.80. The number of amides is 2. The summed E-state index contributed by atoms with van der Waals surface area (Å²) in [5.74, 6) is 0.548. The zero-order valence-corrected chi connectivity index (χ0v) is 16.2. The highest BCUT2D eigenvalue weighted by Gasteiger charge is 2.21. The average Bonchev–Trinajstić information content (AvgIpc) is 3.08. The van der Waals surface area contributed by atoms with E-state index in [1.54, 1.807) is 4.90 Å². The monoisotopic (exact) mass is 365 g/mol. The quantitative estimate of drug-likeness (QED) is 0.799. The van der Waals surface area contributed by atoms with Crippen molar-refractivity contribution in [2.45, 2.75) is 45.6 Å². The molecule has 0 saturated carbocycles. The van der Waals surface area contributed by atoms with E-state index in [9.17, 15) is 9.59 Å². The van der Waals surface area contributed by atoms with Crippen molar-refractivity contribution in [2.75, 3.05) is 22.1 Å². The van der Waals surface area contributed by atoms with Crippen molar-refractivity contribution >= 4 is 28.9 Å². The summed E-state index contributed by atoms with van der Waals surface area (Å²) >= 11 is 0. The van der Waals surface area contributed by atoms with Gasteiger partial charge in [-0.25, -0.2) is 0 Å². The standard InChI is InChI=1S/C22H27N3O2/c1-15(2)17-6-8-19(9-7-17)24-22(27)16(3)23-18-10-12-20(13-11-18)25-14-4-5-21(25)26/h6-13,15-16,23H,4-5,14H2,1-3H3,(H,24,27)/t16-/m1/s1. The molecule has 0 spiro atoms. The molecule has 1 atom stereocenters. The number of carbonyl (C=O) groups excluding carboxylic acids is 2. The van der Waals surface area contributed by atoms with Gasteiger partial charge >= 0.3 is 0 Å². The number of nitrogens with zero attached hydrogens (tertiary/aromatic N) is 1. The molecule has 0 bridgehead atoms. The van der Waals surface area contributed by atoms with Crippen LogP contribution in [-0.2, 0) is 9.59 Å². The molecular formula is C22H27N3O2. The van der Waals surface area contributed by atoms with E-state index in [0.29, 0.717) is 12.3 Å². The second-order valence-electron chi connectivity index (χ2n) is 7.33. The molecule has 0 aliphatic carbocycles. The lowest BCUT2D eigenvalue weighted by Gasteiger charge is -2.18. The van der Waals surface area contributed by atoms with Crippen molar-refractivity contribution in [2.24, 2.45) is 0 Å². The van der Waals surface area contributed by atoms with E-state index >= 15 is 0 Å². The van der Waals surface area contributed by atoms with Crippen LogP contribution in [-0.4, -0.2) is 24.4 Å². The molecule has 27 heavy (non-hydrogen) atoms. The molecule has 0 aromatic heterocycles. The number of benzene rings is 2. The van der Waals surface area contributed by atoms with E-state index in [0.717, 1.165) is 30.0 Å². The minimum Gasteiger partial charge on any atom is -0.374 e. The van der Waals surface area contributed by atoms with Crippen LogP contribution in [0.25, 0.3) is 0 Å². The molecule has 0 radical (unpaired) electrons. The van der Waals surface area contributed by atoms with Crippen LogP contribution in [0.15, 0.2) is 48.5 Å². The molecular weight excluding hydrogens is 338 g/mol. The van der Waals surface area contributed by atoms with Gasteiger partial charge in [-0.3, -0.25) is 9.59 Å². The van der Waals surface area contributed by atoms with Gasteiger partial charge in [0.25, 0.3) is 0 Å². The van der Waals surface area contributed by atoms with Crippen LogP contribution in [0.3, 0.4) is 0 Å². The Morgan fingerprint density at radius 3 is 2.15 bits per heavy atom. The smallest absolute Gasteiger partial charge is 0.246 e. The van der Waals surface area contributed by atoms with Gasteiger partial charge in [0, 0.05) is 30.0 Å². The first-order chi connectivity index (χ1) is 12.9. The molecule has 5 heteroatoms. The molecule has 2 amide bonds. The Labute approximate surface area is 160 Å². The van der Waals surface area contributed by atoms with Crippen LogP contribution in [0, 0.1) is 0 Å². The number of rotatable bonds is 6. The lowest BCUT2D eigenvalue weighted by molar-refractivity contribution is -0.117. The topological polar surface area (TPSA) is 61.4 Å². The third-order valence-corrected chi connectivity index (χ3v) is 4.87. The fourth-order valence-corrected chi connectivity index (χ4v) is 3.18. The predicted octanol–water partition coefficient (Wildman–Crippen LogP) is 4.38. The normalized spacial score (nSPS) is 15.1. The van der Waals surface area contributed by atoms with E-state index in [2.05, 4.69) is 24.5 Å². The van der Waals surface area contributed by atoms with Crippen molar-refractivity contribution < 1.29 is 9.59 Å². The van der Waals surface area contributed by atoms with Crippen LogP contribution in [0.5, 0.6) is 0 Å². The summed E-state index contributed by atoms with van der Waals surface area (Å²) in [6.45, 7) is 6.89. The first kappa shape index (κ1) is 19.0. The number of anilines is 3. The number of hydrogen-bond acceptors (Lipinski definition) is 3. The number of hydrogen-bond donors (Lipinski definition) is 2. The van der Waals surface area contributed by atoms with Gasteiger partial charge in [-0.15, -0.1) is 0 Å². The Kier molecular flexibility index (Phi) is 5.79. The molecule has 1 heterocycles. The van der Waals surface area contributed by atoms with Gasteiger partial charge < -0.3 is 15.5 Å². The van der Waals surface area contributed by atoms with Crippen LogP contribution >= 0.6 is 0 Å².